The molecule has 0 aliphatic heterocycles. The molecule has 1 aromatic carbocycles. The third kappa shape index (κ3) is 3.66. The highest BCUT2D eigenvalue weighted by molar-refractivity contribution is 6.72. The number of rotatable bonds is 7. The highest BCUT2D eigenvalue weighted by Gasteiger charge is 2.28. The van der Waals surface area contributed by atoms with Crippen LogP contribution in [-0.2, 0) is 7.05 Å². The van der Waals surface area contributed by atoms with E-state index in [-0.39, 0.29) is 5.56 Å². The summed E-state index contributed by atoms with van der Waals surface area (Å²) in [5.74, 6) is 2.16. The average molecular weight is 368 g/mol. The molecule has 1 atom stereocenters. The van der Waals surface area contributed by atoms with E-state index in [2.05, 4.69) is 37.7 Å². The van der Waals surface area contributed by atoms with Gasteiger partial charge in [-0.3, -0.25) is 4.79 Å². The van der Waals surface area contributed by atoms with Crippen molar-refractivity contribution >= 4 is 14.0 Å². The number of ether oxygens (including phenoxy) is 1. The fraction of sp³-hybridized carbons (Fsp3) is 0.500. The monoisotopic (exact) mass is 367 g/mol. The van der Waals surface area contributed by atoms with Crippen LogP contribution in [0.5, 0.6) is 5.75 Å². The molecule has 0 amide bonds. The van der Waals surface area contributed by atoms with E-state index in [0.717, 1.165) is 47.8 Å². The van der Waals surface area contributed by atoms with Gasteiger partial charge in [0.05, 0.1) is 15.4 Å². The van der Waals surface area contributed by atoms with Gasteiger partial charge in [0.1, 0.15) is 5.75 Å². The minimum atomic E-state index is -0.905. The first-order valence-corrected chi connectivity index (χ1v) is 12.6. The summed E-state index contributed by atoms with van der Waals surface area (Å²) in [5, 5.41) is 1.48. The summed E-state index contributed by atoms with van der Waals surface area (Å²) in [7, 11) is 0.966. The van der Waals surface area contributed by atoms with Crippen molar-refractivity contribution in [3.63, 3.8) is 0 Å². The van der Waals surface area contributed by atoms with Crippen LogP contribution in [0.25, 0.3) is 11.1 Å². The van der Waals surface area contributed by atoms with Crippen LogP contribution < -0.4 is 15.5 Å². The lowest BCUT2D eigenvalue weighted by Gasteiger charge is -2.17. The van der Waals surface area contributed by atoms with Crippen molar-refractivity contribution in [2.24, 2.45) is 13.0 Å². The standard InChI is InChI=1S/C22H29NO2Si/c1-4-26(3)18-9-10-21(25-14-15-5-6-15)19(12-18)17-11-20(16-7-8-16)22(24)23(2)13-17/h9-13,15-16,26H,4-8,14H2,1-3H3. The summed E-state index contributed by atoms with van der Waals surface area (Å²) in [5.41, 5.74) is 3.42. The van der Waals surface area contributed by atoms with Crippen molar-refractivity contribution in [1.82, 2.24) is 4.57 Å². The third-order valence-corrected chi connectivity index (χ3v) is 8.62. The molecule has 2 aromatic rings. The van der Waals surface area contributed by atoms with E-state index in [0.29, 0.717) is 5.92 Å². The summed E-state index contributed by atoms with van der Waals surface area (Å²) >= 11 is 0. The Morgan fingerprint density at radius 3 is 2.62 bits per heavy atom. The molecule has 0 radical (unpaired) electrons. The molecular weight excluding hydrogens is 338 g/mol. The van der Waals surface area contributed by atoms with Crippen molar-refractivity contribution in [1.29, 1.82) is 0 Å². The third-order valence-electron chi connectivity index (χ3n) is 5.90. The number of hydrogen-bond acceptors (Lipinski definition) is 2. The minimum Gasteiger partial charge on any atom is -0.493 e. The first-order chi connectivity index (χ1) is 12.6. The van der Waals surface area contributed by atoms with Crippen LogP contribution in [0.1, 0.15) is 44.1 Å². The average Bonchev–Trinajstić information content (AvgIpc) is 3.55. The van der Waals surface area contributed by atoms with Crippen molar-refractivity contribution in [3.8, 4) is 16.9 Å². The number of nitrogens with zero attached hydrogens (tertiary/aromatic N) is 1. The van der Waals surface area contributed by atoms with E-state index < -0.39 is 8.80 Å². The van der Waals surface area contributed by atoms with Gasteiger partial charge in [0.2, 0.25) is 0 Å². The fourth-order valence-corrected chi connectivity index (χ4v) is 4.85. The van der Waals surface area contributed by atoms with Crippen molar-refractivity contribution in [2.45, 2.75) is 51.1 Å². The lowest BCUT2D eigenvalue weighted by Crippen LogP contribution is -2.25. The Kier molecular flexibility index (Phi) is 4.78. The highest BCUT2D eigenvalue weighted by atomic mass is 28.3. The van der Waals surface area contributed by atoms with Crippen LogP contribution in [0.2, 0.25) is 12.6 Å². The molecule has 0 N–H and O–H groups in total. The lowest BCUT2D eigenvalue weighted by atomic mass is 10.0. The van der Waals surface area contributed by atoms with E-state index >= 15 is 0 Å². The maximum atomic E-state index is 12.5. The van der Waals surface area contributed by atoms with Crippen LogP contribution in [0.3, 0.4) is 0 Å². The molecule has 0 spiro atoms. The Hall–Kier alpha value is -1.81. The highest BCUT2D eigenvalue weighted by Crippen LogP contribution is 2.40. The molecule has 2 aliphatic carbocycles. The summed E-state index contributed by atoms with van der Waals surface area (Å²) in [6.45, 7) is 5.50. The number of aryl methyl sites for hydroxylation is 1. The van der Waals surface area contributed by atoms with Gasteiger partial charge in [-0.05, 0) is 49.7 Å². The van der Waals surface area contributed by atoms with Crippen molar-refractivity contribution < 1.29 is 4.74 Å². The second-order valence-electron chi connectivity index (χ2n) is 8.19. The Morgan fingerprint density at radius 2 is 1.96 bits per heavy atom. The zero-order chi connectivity index (χ0) is 18.3. The Morgan fingerprint density at radius 1 is 1.19 bits per heavy atom. The number of pyridine rings is 1. The topological polar surface area (TPSA) is 31.2 Å². The second kappa shape index (κ2) is 7.07. The molecule has 2 fully saturated rings. The Balaban J connectivity index is 1.77. The molecule has 26 heavy (non-hydrogen) atoms. The van der Waals surface area contributed by atoms with E-state index in [1.165, 1.54) is 24.1 Å². The predicted molar refractivity (Wildman–Crippen MR) is 110 cm³/mol. The van der Waals surface area contributed by atoms with Gasteiger partial charge in [-0.15, -0.1) is 0 Å². The SMILES string of the molecule is CC[SiH](C)c1ccc(OCC2CC2)c(-c2cc(C3CC3)c(=O)n(C)c2)c1. The van der Waals surface area contributed by atoms with Crippen LogP contribution in [0.15, 0.2) is 35.3 Å². The van der Waals surface area contributed by atoms with E-state index in [1.54, 1.807) is 4.57 Å². The van der Waals surface area contributed by atoms with E-state index in [1.807, 2.05) is 13.2 Å². The molecule has 1 unspecified atom stereocenters. The largest absolute Gasteiger partial charge is 0.493 e. The lowest BCUT2D eigenvalue weighted by molar-refractivity contribution is 0.301. The van der Waals surface area contributed by atoms with Crippen molar-refractivity contribution in [3.05, 3.63) is 46.4 Å². The van der Waals surface area contributed by atoms with Gasteiger partial charge in [0, 0.05) is 29.9 Å². The quantitative estimate of drug-likeness (QED) is 0.697. The smallest absolute Gasteiger partial charge is 0.253 e. The molecule has 138 valence electrons. The molecule has 1 heterocycles. The maximum Gasteiger partial charge on any atom is 0.253 e. The first-order valence-electron chi connectivity index (χ1n) is 10.0. The van der Waals surface area contributed by atoms with Crippen molar-refractivity contribution in [2.75, 3.05) is 6.61 Å². The van der Waals surface area contributed by atoms with Gasteiger partial charge in [-0.25, -0.2) is 0 Å². The molecule has 2 aliphatic rings. The zero-order valence-corrected chi connectivity index (χ0v) is 17.3. The summed E-state index contributed by atoms with van der Waals surface area (Å²) in [4.78, 5) is 12.5. The number of aromatic nitrogens is 1. The van der Waals surface area contributed by atoms with Gasteiger partial charge in [0.15, 0.2) is 0 Å². The normalized spacial score (nSPS) is 18.0. The Bertz CT molecular complexity index is 865. The second-order valence-corrected chi connectivity index (χ2v) is 11.5. The van der Waals surface area contributed by atoms with Crippen LogP contribution in [-0.4, -0.2) is 20.0 Å². The Labute approximate surface area is 157 Å². The van der Waals surface area contributed by atoms with Gasteiger partial charge in [-0.2, -0.15) is 0 Å². The van der Waals surface area contributed by atoms with Gasteiger partial charge in [0.25, 0.3) is 5.56 Å². The van der Waals surface area contributed by atoms with E-state index in [9.17, 15) is 4.79 Å². The first kappa shape index (κ1) is 17.6. The molecule has 4 heteroatoms. The number of hydrogen-bond donors (Lipinski definition) is 0. The molecule has 2 saturated carbocycles. The van der Waals surface area contributed by atoms with Crippen LogP contribution >= 0.6 is 0 Å². The molecule has 3 nitrogen and oxygen atoms in total. The zero-order valence-electron chi connectivity index (χ0n) is 16.1. The summed E-state index contributed by atoms with van der Waals surface area (Å²) in [6, 6.07) is 10.1. The summed E-state index contributed by atoms with van der Waals surface area (Å²) in [6.07, 6.45) is 6.85. The summed E-state index contributed by atoms with van der Waals surface area (Å²) < 4.78 is 7.95. The van der Waals surface area contributed by atoms with E-state index in [4.69, 9.17) is 4.74 Å². The molecule has 1 aromatic heterocycles. The van der Waals surface area contributed by atoms with Crippen LogP contribution in [0.4, 0.5) is 0 Å². The number of benzene rings is 1. The van der Waals surface area contributed by atoms with Crippen LogP contribution in [0, 0.1) is 5.92 Å². The molecule has 0 bridgehead atoms. The van der Waals surface area contributed by atoms with Gasteiger partial charge in [-0.1, -0.05) is 36.8 Å². The molecule has 4 rings (SSSR count). The maximum absolute atomic E-state index is 12.5. The molecular formula is C22H29NO2Si. The van der Waals surface area contributed by atoms with Gasteiger partial charge >= 0.3 is 0 Å². The van der Waals surface area contributed by atoms with Gasteiger partial charge < -0.3 is 9.30 Å². The fourth-order valence-electron chi connectivity index (χ4n) is 3.50. The molecule has 0 saturated heterocycles. The minimum absolute atomic E-state index is 0.157. The predicted octanol–water partition coefficient (Wildman–Crippen LogP) is 3.80.